The molecule has 0 aliphatic rings. The summed E-state index contributed by atoms with van der Waals surface area (Å²) in [6.07, 6.45) is 0. The molecule has 2 N–H and O–H groups in total. The van der Waals surface area contributed by atoms with Gasteiger partial charge in [-0.15, -0.1) is 0 Å². The van der Waals surface area contributed by atoms with E-state index in [1.807, 2.05) is 0 Å². The molecule has 182 valence electrons. The Morgan fingerprint density at radius 1 is 0.806 bits per heavy atom. The minimum absolute atomic E-state index is 0.0887. The van der Waals surface area contributed by atoms with Crippen LogP contribution in [0.5, 0.6) is 17.2 Å². The Bertz CT molecular complexity index is 1690. The summed E-state index contributed by atoms with van der Waals surface area (Å²) in [5.41, 5.74) is -2.93. The molecule has 0 spiro atoms. The first kappa shape index (κ1) is 23.6. The van der Waals surface area contributed by atoms with Gasteiger partial charge in [0.25, 0.3) is 0 Å². The third-order valence-corrected chi connectivity index (χ3v) is 6.46. The maximum Gasteiger partial charge on any atom is 0.344 e. The highest BCUT2D eigenvalue weighted by Gasteiger charge is 2.33. The molecule has 0 amide bonds. The molecule has 0 bridgehead atoms. The van der Waals surface area contributed by atoms with Gasteiger partial charge >= 0.3 is 11.3 Å². The molecule has 3 aromatic carbocycles. The van der Waals surface area contributed by atoms with Gasteiger partial charge < -0.3 is 23.8 Å². The van der Waals surface area contributed by atoms with Gasteiger partial charge in [-0.3, -0.25) is 0 Å². The molecule has 2 heterocycles. The third-order valence-electron chi connectivity index (χ3n) is 5.84. The van der Waals surface area contributed by atoms with E-state index in [1.165, 1.54) is 37.4 Å². The fraction of sp³-hybridized carbons (Fsp3) is 0.0769. The fourth-order valence-electron chi connectivity index (χ4n) is 4.19. The zero-order valence-electron chi connectivity index (χ0n) is 18.3. The summed E-state index contributed by atoms with van der Waals surface area (Å²) in [6, 6.07) is 10.9. The number of halogens is 3. The van der Waals surface area contributed by atoms with E-state index in [2.05, 4.69) is 15.9 Å². The lowest BCUT2D eigenvalue weighted by Gasteiger charge is -2.20. The van der Waals surface area contributed by atoms with E-state index in [9.17, 15) is 28.6 Å². The van der Waals surface area contributed by atoms with Gasteiger partial charge in [-0.2, -0.15) is 0 Å². The van der Waals surface area contributed by atoms with Crippen LogP contribution in [0.4, 0.5) is 8.78 Å². The van der Waals surface area contributed by atoms with E-state index < -0.39 is 51.4 Å². The summed E-state index contributed by atoms with van der Waals surface area (Å²) in [5.74, 6) is -3.76. The van der Waals surface area contributed by atoms with Crippen molar-refractivity contribution in [2.45, 2.75) is 5.92 Å². The normalized spacial score (nSPS) is 11.5. The molecule has 0 aliphatic carbocycles. The Hall–Kier alpha value is -4.18. The highest BCUT2D eigenvalue weighted by molar-refractivity contribution is 9.10. The number of rotatable bonds is 4. The lowest BCUT2D eigenvalue weighted by Crippen LogP contribution is -2.21. The minimum Gasteiger partial charge on any atom is -0.507 e. The van der Waals surface area contributed by atoms with E-state index in [1.54, 1.807) is 0 Å². The molecule has 0 saturated heterocycles. The monoisotopic (exact) mass is 556 g/mol. The first-order chi connectivity index (χ1) is 17.2. The average molecular weight is 557 g/mol. The first-order valence-electron chi connectivity index (χ1n) is 10.4. The van der Waals surface area contributed by atoms with Gasteiger partial charge in [-0.1, -0.05) is 6.07 Å². The quantitative estimate of drug-likeness (QED) is 0.279. The van der Waals surface area contributed by atoms with Crippen LogP contribution in [0.3, 0.4) is 0 Å². The second kappa shape index (κ2) is 8.80. The SMILES string of the molecule is COc1ccc(C(c2c(O)c3cc(F)ccc3oc2=O)c2c(O)c3cc(F)ccc3oc2=O)cc1Br. The molecule has 5 rings (SSSR count). The van der Waals surface area contributed by atoms with Gasteiger partial charge in [0, 0.05) is 0 Å². The van der Waals surface area contributed by atoms with E-state index in [4.69, 9.17) is 13.6 Å². The summed E-state index contributed by atoms with van der Waals surface area (Å²) in [6.45, 7) is 0. The maximum atomic E-state index is 14.0. The van der Waals surface area contributed by atoms with Crippen LogP contribution in [0.25, 0.3) is 21.9 Å². The van der Waals surface area contributed by atoms with Gasteiger partial charge in [0.1, 0.15) is 40.0 Å². The fourth-order valence-corrected chi connectivity index (χ4v) is 4.75. The molecular formula is C26H15BrF2O7. The highest BCUT2D eigenvalue weighted by Crippen LogP contribution is 2.43. The van der Waals surface area contributed by atoms with Crippen molar-refractivity contribution in [1.29, 1.82) is 0 Å². The average Bonchev–Trinajstić information content (AvgIpc) is 2.84. The van der Waals surface area contributed by atoms with Crippen LogP contribution in [-0.4, -0.2) is 17.3 Å². The van der Waals surface area contributed by atoms with Gasteiger partial charge in [0.15, 0.2) is 0 Å². The second-order valence-corrected chi connectivity index (χ2v) is 8.77. The molecule has 7 nitrogen and oxygen atoms in total. The Labute approximate surface area is 208 Å². The largest absolute Gasteiger partial charge is 0.507 e. The second-order valence-electron chi connectivity index (χ2n) is 7.91. The van der Waals surface area contributed by atoms with E-state index >= 15 is 0 Å². The minimum atomic E-state index is -1.46. The van der Waals surface area contributed by atoms with E-state index in [-0.39, 0.29) is 27.5 Å². The number of ether oxygens (including phenoxy) is 1. The molecule has 0 atom stereocenters. The Morgan fingerprint density at radius 3 is 1.75 bits per heavy atom. The standard InChI is InChI=1S/C26H15BrF2O7/c1-34-19-5-2-11(8-16(19)27)20(21-23(30)14-9-12(28)3-6-17(14)35-25(21)32)22-24(31)15-10-13(29)4-7-18(15)36-26(22)33/h2-10,20,30-31H,1H3. The van der Waals surface area contributed by atoms with Gasteiger partial charge in [-0.25, -0.2) is 18.4 Å². The molecule has 10 heteroatoms. The number of methoxy groups -OCH3 is 1. The number of hydrogen-bond acceptors (Lipinski definition) is 7. The summed E-state index contributed by atoms with van der Waals surface area (Å²) in [5, 5.41) is 22.0. The Balaban J connectivity index is 1.92. The molecule has 0 aliphatic heterocycles. The van der Waals surface area contributed by atoms with Crippen LogP contribution in [0.15, 0.2) is 77.5 Å². The van der Waals surface area contributed by atoms with Gasteiger partial charge in [-0.05, 0) is 70.0 Å². The van der Waals surface area contributed by atoms with Crippen LogP contribution in [0.1, 0.15) is 22.6 Å². The van der Waals surface area contributed by atoms with Crippen LogP contribution in [-0.2, 0) is 0 Å². The smallest absolute Gasteiger partial charge is 0.344 e. The lowest BCUT2D eigenvalue weighted by atomic mass is 9.84. The van der Waals surface area contributed by atoms with Crippen molar-refractivity contribution in [3.8, 4) is 17.2 Å². The third kappa shape index (κ3) is 3.79. The molecule has 0 fully saturated rings. The van der Waals surface area contributed by atoms with Crippen LogP contribution in [0, 0.1) is 11.6 Å². The molecule has 36 heavy (non-hydrogen) atoms. The molecule has 5 aromatic rings. The Morgan fingerprint density at radius 2 is 1.31 bits per heavy atom. The predicted molar refractivity (Wildman–Crippen MR) is 130 cm³/mol. The van der Waals surface area contributed by atoms with Crippen LogP contribution >= 0.6 is 15.9 Å². The van der Waals surface area contributed by atoms with Crippen molar-refractivity contribution in [3.05, 3.63) is 108 Å². The van der Waals surface area contributed by atoms with Gasteiger partial charge in [0.05, 0.1) is 39.4 Å². The first-order valence-corrected chi connectivity index (χ1v) is 11.2. The molecule has 0 radical (unpaired) electrons. The number of benzene rings is 3. The Kier molecular flexibility index (Phi) is 5.76. The molecular weight excluding hydrogens is 542 g/mol. The number of hydrogen-bond donors (Lipinski definition) is 2. The van der Waals surface area contributed by atoms with Crippen molar-refractivity contribution in [1.82, 2.24) is 0 Å². The molecule has 2 aromatic heterocycles. The zero-order valence-corrected chi connectivity index (χ0v) is 19.9. The van der Waals surface area contributed by atoms with Crippen LogP contribution < -0.4 is 16.0 Å². The van der Waals surface area contributed by atoms with Gasteiger partial charge in [0.2, 0.25) is 0 Å². The van der Waals surface area contributed by atoms with Crippen molar-refractivity contribution >= 4 is 37.9 Å². The summed E-state index contributed by atoms with van der Waals surface area (Å²) in [7, 11) is 1.44. The van der Waals surface area contributed by atoms with Crippen LogP contribution in [0.2, 0.25) is 0 Å². The lowest BCUT2D eigenvalue weighted by molar-refractivity contribution is 0.412. The predicted octanol–water partition coefficient (Wildman–Crippen LogP) is 5.54. The molecule has 0 saturated carbocycles. The topological polar surface area (TPSA) is 110 Å². The highest BCUT2D eigenvalue weighted by atomic mass is 79.9. The summed E-state index contributed by atoms with van der Waals surface area (Å²) in [4.78, 5) is 26.3. The van der Waals surface area contributed by atoms with E-state index in [0.29, 0.717) is 10.2 Å². The molecule has 0 unspecified atom stereocenters. The zero-order chi connectivity index (χ0) is 25.7. The van der Waals surface area contributed by atoms with Crippen molar-refractivity contribution in [2.75, 3.05) is 7.11 Å². The number of aromatic hydroxyl groups is 2. The van der Waals surface area contributed by atoms with Crippen molar-refractivity contribution in [2.24, 2.45) is 0 Å². The number of fused-ring (bicyclic) bond motifs is 2. The summed E-state index contributed by atoms with van der Waals surface area (Å²) < 4.78 is 44.3. The maximum absolute atomic E-state index is 14.0. The summed E-state index contributed by atoms with van der Waals surface area (Å²) >= 11 is 3.34. The van der Waals surface area contributed by atoms with E-state index in [0.717, 1.165) is 24.3 Å². The van der Waals surface area contributed by atoms with Crippen molar-refractivity contribution in [3.63, 3.8) is 0 Å². The van der Waals surface area contributed by atoms with Crippen molar-refractivity contribution < 1.29 is 32.6 Å².